The topological polar surface area (TPSA) is 40.6 Å². The molecule has 21 heavy (non-hydrogen) atoms. The molecule has 4 nitrogen and oxygen atoms in total. The molecule has 1 aromatic carbocycles. The molecule has 0 aliphatic carbocycles. The molecule has 0 amide bonds. The van der Waals surface area contributed by atoms with E-state index in [1.807, 2.05) is 0 Å². The molecule has 0 bridgehead atoms. The molecule has 0 spiro atoms. The van der Waals surface area contributed by atoms with Gasteiger partial charge < -0.3 is 0 Å². The maximum Gasteiger partial charge on any atom is 0.244 e. The van der Waals surface area contributed by atoms with Gasteiger partial charge in [-0.1, -0.05) is 41.4 Å². The van der Waals surface area contributed by atoms with Crippen LogP contribution in [0.3, 0.4) is 0 Å². The normalized spacial score (nSPS) is 17.9. The molecule has 0 unspecified atom stereocenters. The zero-order chi connectivity index (χ0) is 15.6. The van der Waals surface area contributed by atoms with Gasteiger partial charge in [-0.15, -0.1) is 0 Å². The van der Waals surface area contributed by atoms with Gasteiger partial charge in [-0.25, -0.2) is 8.42 Å². The molecule has 116 valence electrons. The van der Waals surface area contributed by atoms with Crippen LogP contribution in [0.2, 0.25) is 10.0 Å². The summed E-state index contributed by atoms with van der Waals surface area (Å²) < 4.78 is 26.6. The summed E-state index contributed by atoms with van der Waals surface area (Å²) in [6.07, 6.45) is 0. The molecule has 1 heterocycles. The second kappa shape index (κ2) is 6.86. The molecule has 1 aliphatic heterocycles. The fraction of sp³-hybridized carbons (Fsp3) is 0.385. The largest absolute Gasteiger partial charge is 0.296 e. The van der Waals surface area contributed by atoms with Crippen LogP contribution < -0.4 is 0 Å². The highest BCUT2D eigenvalue weighted by Gasteiger charge is 2.30. The lowest BCUT2D eigenvalue weighted by atomic mass is 10.3. The molecular formula is C13H15Cl3N2O2S. The van der Waals surface area contributed by atoms with Crippen molar-refractivity contribution in [2.24, 2.45) is 0 Å². The third-order valence-corrected chi connectivity index (χ3v) is 5.97. The van der Waals surface area contributed by atoms with Crippen LogP contribution in [0, 0.1) is 0 Å². The van der Waals surface area contributed by atoms with Crippen LogP contribution in [0.1, 0.15) is 0 Å². The number of nitrogens with zero attached hydrogens (tertiary/aromatic N) is 2. The average molecular weight is 370 g/mol. The number of hydrogen-bond acceptors (Lipinski definition) is 3. The second-order valence-electron chi connectivity index (χ2n) is 4.77. The second-order valence-corrected chi connectivity index (χ2v) is 8.06. The summed E-state index contributed by atoms with van der Waals surface area (Å²) in [6.45, 7) is 6.18. The quantitative estimate of drug-likeness (QED) is 0.819. The zero-order valence-corrected chi connectivity index (χ0v) is 14.3. The highest BCUT2D eigenvalue weighted by molar-refractivity contribution is 7.89. The highest BCUT2D eigenvalue weighted by atomic mass is 35.5. The van der Waals surface area contributed by atoms with Gasteiger partial charge in [0.25, 0.3) is 0 Å². The standard InChI is InChI=1S/C13H15Cl3N2O2S/c1-10(14)9-17-4-6-18(7-5-17)21(19,20)13-8-11(15)2-3-12(13)16/h2-3,8H,1,4-7,9H2. The van der Waals surface area contributed by atoms with Crippen LogP contribution in [-0.2, 0) is 10.0 Å². The third-order valence-electron chi connectivity index (χ3n) is 3.24. The first-order valence-corrected chi connectivity index (χ1v) is 8.89. The lowest BCUT2D eigenvalue weighted by molar-refractivity contribution is 0.203. The van der Waals surface area contributed by atoms with E-state index in [0.29, 0.717) is 42.8 Å². The van der Waals surface area contributed by atoms with E-state index >= 15 is 0 Å². The van der Waals surface area contributed by atoms with Crippen LogP contribution in [-0.4, -0.2) is 50.3 Å². The summed E-state index contributed by atoms with van der Waals surface area (Å²) in [7, 11) is -3.63. The van der Waals surface area contributed by atoms with Gasteiger partial charge in [-0.2, -0.15) is 4.31 Å². The summed E-state index contributed by atoms with van der Waals surface area (Å²) in [6, 6.07) is 4.43. The minimum atomic E-state index is -3.63. The summed E-state index contributed by atoms with van der Waals surface area (Å²) >= 11 is 17.6. The first-order valence-electron chi connectivity index (χ1n) is 6.31. The number of rotatable bonds is 4. The van der Waals surface area contributed by atoms with Crippen LogP contribution in [0.25, 0.3) is 0 Å². The number of sulfonamides is 1. The van der Waals surface area contributed by atoms with E-state index in [1.165, 1.54) is 16.4 Å². The smallest absolute Gasteiger partial charge is 0.244 e. The van der Waals surface area contributed by atoms with Crippen molar-refractivity contribution in [1.82, 2.24) is 9.21 Å². The summed E-state index contributed by atoms with van der Waals surface area (Å²) in [5.74, 6) is 0. The zero-order valence-electron chi connectivity index (χ0n) is 11.2. The van der Waals surface area contributed by atoms with Crippen molar-refractivity contribution in [3.63, 3.8) is 0 Å². The lowest BCUT2D eigenvalue weighted by Crippen LogP contribution is -2.48. The van der Waals surface area contributed by atoms with E-state index in [-0.39, 0.29) is 9.92 Å². The van der Waals surface area contributed by atoms with Crippen molar-refractivity contribution in [3.05, 3.63) is 39.9 Å². The van der Waals surface area contributed by atoms with E-state index < -0.39 is 10.0 Å². The Balaban J connectivity index is 2.15. The Morgan fingerprint density at radius 3 is 2.38 bits per heavy atom. The number of halogens is 3. The molecule has 0 atom stereocenters. The maximum absolute atomic E-state index is 12.6. The van der Waals surface area contributed by atoms with Crippen molar-refractivity contribution < 1.29 is 8.42 Å². The minimum Gasteiger partial charge on any atom is -0.296 e. The Kier molecular flexibility index (Phi) is 5.57. The van der Waals surface area contributed by atoms with Gasteiger partial charge >= 0.3 is 0 Å². The molecule has 0 N–H and O–H groups in total. The van der Waals surface area contributed by atoms with Crippen molar-refractivity contribution in [1.29, 1.82) is 0 Å². The van der Waals surface area contributed by atoms with Gasteiger partial charge in [0, 0.05) is 42.8 Å². The number of hydrogen-bond donors (Lipinski definition) is 0. The van der Waals surface area contributed by atoms with Crippen LogP contribution >= 0.6 is 34.8 Å². The van der Waals surface area contributed by atoms with Crippen molar-refractivity contribution in [3.8, 4) is 0 Å². The van der Waals surface area contributed by atoms with E-state index in [4.69, 9.17) is 34.8 Å². The summed E-state index contributed by atoms with van der Waals surface area (Å²) in [5, 5.41) is 1.07. The molecule has 0 saturated carbocycles. The van der Waals surface area contributed by atoms with E-state index in [1.54, 1.807) is 6.07 Å². The van der Waals surface area contributed by atoms with Gasteiger partial charge in [-0.3, -0.25) is 4.90 Å². The van der Waals surface area contributed by atoms with Crippen molar-refractivity contribution in [2.45, 2.75) is 4.90 Å². The molecule has 0 radical (unpaired) electrons. The predicted molar refractivity (Wildman–Crippen MR) is 86.7 cm³/mol. The van der Waals surface area contributed by atoms with Gasteiger partial charge in [0.05, 0.1) is 5.02 Å². The van der Waals surface area contributed by atoms with Gasteiger partial charge in [-0.05, 0) is 18.2 Å². The lowest BCUT2D eigenvalue weighted by Gasteiger charge is -2.33. The molecule has 1 fully saturated rings. The molecule has 1 aromatic rings. The first kappa shape index (κ1) is 17.1. The van der Waals surface area contributed by atoms with Crippen LogP contribution in [0.15, 0.2) is 34.7 Å². The summed E-state index contributed by atoms with van der Waals surface area (Å²) in [4.78, 5) is 2.10. The molecule has 0 aromatic heterocycles. The Morgan fingerprint density at radius 1 is 1.19 bits per heavy atom. The molecule has 2 rings (SSSR count). The van der Waals surface area contributed by atoms with Crippen molar-refractivity contribution >= 4 is 44.8 Å². The van der Waals surface area contributed by atoms with E-state index in [2.05, 4.69) is 11.5 Å². The van der Waals surface area contributed by atoms with Gasteiger partial charge in [0.2, 0.25) is 10.0 Å². The SMILES string of the molecule is C=C(Cl)CN1CCN(S(=O)(=O)c2cc(Cl)ccc2Cl)CC1. The average Bonchev–Trinajstić information content (AvgIpc) is 2.41. The molecule has 8 heteroatoms. The van der Waals surface area contributed by atoms with E-state index in [9.17, 15) is 8.42 Å². The molecule has 1 aliphatic rings. The van der Waals surface area contributed by atoms with Crippen molar-refractivity contribution in [2.75, 3.05) is 32.7 Å². The highest BCUT2D eigenvalue weighted by Crippen LogP contribution is 2.28. The van der Waals surface area contributed by atoms with Crippen LogP contribution in [0.5, 0.6) is 0 Å². The van der Waals surface area contributed by atoms with Gasteiger partial charge in [0.15, 0.2) is 0 Å². The molecule has 1 saturated heterocycles. The Bertz CT molecular complexity index is 641. The van der Waals surface area contributed by atoms with Crippen LogP contribution in [0.4, 0.5) is 0 Å². The fourth-order valence-corrected chi connectivity index (χ4v) is 4.51. The predicted octanol–water partition coefficient (Wildman–Crippen LogP) is 3.05. The maximum atomic E-state index is 12.6. The van der Waals surface area contributed by atoms with E-state index in [0.717, 1.165) is 0 Å². The Morgan fingerprint density at radius 2 is 1.81 bits per heavy atom. The molecular weight excluding hydrogens is 355 g/mol. The summed E-state index contributed by atoms with van der Waals surface area (Å²) in [5.41, 5.74) is 0. The number of piperazine rings is 1. The van der Waals surface area contributed by atoms with Gasteiger partial charge in [0.1, 0.15) is 4.90 Å². The monoisotopic (exact) mass is 368 g/mol. The Labute approximate surface area is 139 Å². The number of benzene rings is 1. The first-order chi connectivity index (χ1) is 9.80. The Hall–Kier alpha value is -0.300. The third kappa shape index (κ3) is 4.12. The minimum absolute atomic E-state index is 0.0480. The fourth-order valence-electron chi connectivity index (χ4n) is 2.18.